The Kier molecular flexibility index (Phi) is 4.71. The number of nitrogens with zero attached hydrogens (tertiary/aromatic N) is 4. The van der Waals surface area contributed by atoms with Crippen LogP contribution < -0.4 is 5.84 Å². The van der Waals surface area contributed by atoms with E-state index in [1.54, 1.807) is 12.1 Å². The summed E-state index contributed by atoms with van der Waals surface area (Å²) in [6.45, 7) is 3.96. The summed E-state index contributed by atoms with van der Waals surface area (Å²) in [4.78, 5) is 10.5. The summed E-state index contributed by atoms with van der Waals surface area (Å²) in [5, 5.41) is 19.7. The molecule has 3 rings (SSSR count). The number of rotatable bonds is 5. The molecule has 128 valence electrons. The van der Waals surface area contributed by atoms with Crippen LogP contribution >= 0.6 is 11.8 Å². The number of nitrogen functional groups attached to an aromatic ring is 1. The van der Waals surface area contributed by atoms with Gasteiger partial charge in [0.15, 0.2) is 5.82 Å². The van der Waals surface area contributed by atoms with E-state index >= 15 is 0 Å². The van der Waals surface area contributed by atoms with Crippen molar-refractivity contribution in [2.45, 2.75) is 24.3 Å². The van der Waals surface area contributed by atoms with Gasteiger partial charge in [0.05, 0.1) is 4.92 Å². The van der Waals surface area contributed by atoms with Crippen molar-refractivity contribution in [1.82, 2.24) is 14.9 Å². The molecule has 7 nitrogen and oxygen atoms in total. The predicted octanol–water partition coefficient (Wildman–Crippen LogP) is 3.73. The molecule has 0 amide bonds. The lowest BCUT2D eigenvalue weighted by atomic mass is 10.1. The lowest BCUT2D eigenvalue weighted by Gasteiger charge is -2.11. The molecule has 2 aromatic carbocycles. The Morgan fingerprint density at radius 2 is 1.92 bits per heavy atom. The van der Waals surface area contributed by atoms with E-state index in [2.05, 4.69) is 10.2 Å². The summed E-state index contributed by atoms with van der Waals surface area (Å²) in [7, 11) is 0. The maximum atomic E-state index is 10.9. The van der Waals surface area contributed by atoms with Crippen molar-refractivity contribution in [3.05, 3.63) is 69.8 Å². The highest BCUT2D eigenvalue weighted by Crippen LogP contribution is 2.35. The Labute approximate surface area is 149 Å². The average molecular weight is 355 g/mol. The number of non-ortho nitro benzene ring substituents is 1. The monoisotopic (exact) mass is 355 g/mol. The second-order valence-electron chi connectivity index (χ2n) is 5.65. The molecule has 0 fully saturated rings. The molecule has 0 unspecified atom stereocenters. The second kappa shape index (κ2) is 6.94. The van der Waals surface area contributed by atoms with Crippen molar-refractivity contribution in [2.24, 2.45) is 0 Å². The van der Waals surface area contributed by atoms with Crippen LogP contribution in [0.5, 0.6) is 0 Å². The Morgan fingerprint density at radius 3 is 2.60 bits per heavy atom. The Morgan fingerprint density at radius 1 is 1.20 bits per heavy atom. The van der Waals surface area contributed by atoms with Gasteiger partial charge in [0.25, 0.3) is 5.69 Å². The molecule has 1 aromatic heterocycles. The molecule has 0 bridgehead atoms. The molecule has 1 atom stereocenters. The van der Waals surface area contributed by atoms with Crippen LogP contribution in [0.3, 0.4) is 0 Å². The van der Waals surface area contributed by atoms with E-state index in [0.717, 1.165) is 16.7 Å². The van der Waals surface area contributed by atoms with Crippen LogP contribution in [-0.4, -0.2) is 19.8 Å². The van der Waals surface area contributed by atoms with Crippen LogP contribution in [0.1, 0.15) is 23.3 Å². The third kappa shape index (κ3) is 3.63. The Balaban J connectivity index is 1.83. The largest absolute Gasteiger partial charge is 0.335 e. The number of nitro groups is 1. The maximum Gasteiger partial charge on any atom is 0.269 e. The van der Waals surface area contributed by atoms with Crippen molar-refractivity contribution in [3.8, 4) is 11.4 Å². The molecule has 0 saturated heterocycles. The van der Waals surface area contributed by atoms with Crippen LogP contribution in [0.4, 0.5) is 5.69 Å². The van der Waals surface area contributed by atoms with E-state index in [9.17, 15) is 10.1 Å². The van der Waals surface area contributed by atoms with Gasteiger partial charge < -0.3 is 5.84 Å². The minimum atomic E-state index is -0.401. The van der Waals surface area contributed by atoms with E-state index in [1.807, 2.05) is 44.2 Å². The minimum Gasteiger partial charge on any atom is -0.335 e. The van der Waals surface area contributed by atoms with Gasteiger partial charge in [-0.25, -0.2) is 4.68 Å². The van der Waals surface area contributed by atoms with Gasteiger partial charge in [-0.3, -0.25) is 10.1 Å². The van der Waals surface area contributed by atoms with Crippen molar-refractivity contribution < 1.29 is 4.92 Å². The number of hydrogen-bond acceptors (Lipinski definition) is 6. The molecular weight excluding hydrogens is 338 g/mol. The van der Waals surface area contributed by atoms with Gasteiger partial charge >= 0.3 is 0 Å². The third-order valence-electron chi connectivity index (χ3n) is 3.81. The summed E-state index contributed by atoms with van der Waals surface area (Å²) in [6, 6.07) is 14.4. The van der Waals surface area contributed by atoms with Gasteiger partial charge in [-0.1, -0.05) is 53.7 Å². The van der Waals surface area contributed by atoms with Crippen molar-refractivity contribution in [2.75, 3.05) is 5.84 Å². The number of benzene rings is 2. The fourth-order valence-corrected chi connectivity index (χ4v) is 3.26. The average Bonchev–Trinajstić information content (AvgIpc) is 2.96. The minimum absolute atomic E-state index is 0.0581. The topological polar surface area (TPSA) is 99.9 Å². The molecular formula is C17H17N5O2S. The standard InChI is InChI=1S/C17H17N5O2S/c1-11-6-8-13(9-7-11)16-19-20-17(21(16)18)25-12(2)14-4-3-5-15(10-14)22(23)24/h3-10,12H,18H2,1-2H3/t12-/m1/s1. The molecule has 0 saturated carbocycles. The van der Waals surface area contributed by atoms with Gasteiger partial charge in [-0.15, -0.1) is 10.2 Å². The number of thioether (sulfide) groups is 1. The first-order valence-corrected chi connectivity index (χ1v) is 8.52. The molecule has 0 spiro atoms. The summed E-state index contributed by atoms with van der Waals surface area (Å²) in [5.74, 6) is 6.72. The highest BCUT2D eigenvalue weighted by atomic mass is 32.2. The van der Waals surface area contributed by atoms with E-state index in [4.69, 9.17) is 5.84 Å². The van der Waals surface area contributed by atoms with Crippen LogP contribution in [0.25, 0.3) is 11.4 Å². The van der Waals surface area contributed by atoms with Gasteiger partial charge in [-0.2, -0.15) is 0 Å². The second-order valence-corrected chi connectivity index (χ2v) is 6.96. The molecule has 0 aliphatic heterocycles. The summed E-state index contributed by atoms with van der Waals surface area (Å²) < 4.78 is 1.45. The number of nitrogens with two attached hydrogens (primary N) is 1. The van der Waals surface area contributed by atoms with Crippen molar-refractivity contribution >= 4 is 17.4 Å². The van der Waals surface area contributed by atoms with Crippen molar-refractivity contribution in [3.63, 3.8) is 0 Å². The van der Waals surface area contributed by atoms with Crippen LogP contribution in [-0.2, 0) is 0 Å². The number of nitro benzene ring substituents is 1. The lowest BCUT2D eigenvalue weighted by Crippen LogP contribution is -2.12. The van der Waals surface area contributed by atoms with E-state index in [0.29, 0.717) is 11.0 Å². The molecule has 0 radical (unpaired) electrons. The van der Waals surface area contributed by atoms with Crippen molar-refractivity contribution in [1.29, 1.82) is 0 Å². The van der Waals surface area contributed by atoms with Gasteiger partial charge in [-0.05, 0) is 19.4 Å². The van der Waals surface area contributed by atoms with Crippen LogP contribution in [0.15, 0.2) is 53.7 Å². The molecule has 3 aromatic rings. The van der Waals surface area contributed by atoms with Gasteiger partial charge in [0.2, 0.25) is 5.16 Å². The van der Waals surface area contributed by atoms with E-state index in [-0.39, 0.29) is 10.9 Å². The molecule has 2 N–H and O–H groups in total. The SMILES string of the molecule is Cc1ccc(-c2nnc(S[C@H](C)c3cccc([N+](=O)[O-])c3)n2N)cc1. The maximum absolute atomic E-state index is 10.9. The highest BCUT2D eigenvalue weighted by Gasteiger charge is 2.17. The highest BCUT2D eigenvalue weighted by molar-refractivity contribution is 7.99. The van der Waals surface area contributed by atoms with Crippen LogP contribution in [0, 0.1) is 17.0 Å². The summed E-state index contributed by atoms with van der Waals surface area (Å²) >= 11 is 1.40. The third-order valence-corrected chi connectivity index (χ3v) is 4.92. The smallest absolute Gasteiger partial charge is 0.269 e. The van der Waals surface area contributed by atoms with E-state index in [1.165, 1.54) is 22.5 Å². The molecule has 0 aliphatic rings. The summed E-state index contributed by atoms with van der Waals surface area (Å²) in [6.07, 6.45) is 0. The number of aromatic nitrogens is 3. The van der Waals surface area contributed by atoms with E-state index < -0.39 is 4.92 Å². The van der Waals surface area contributed by atoms with Gasteiger partial charge in [0, 0.05) is 22.9 Å². The molecule has 0 aliphatic carbocycles. The Bertz CT molecular complexity index is 908. The zero-order valence-corrected chi connectivity index (χ0v) is 14.6. The first-order valence-electron chi connectivity index (χ1n) is 7.64. The fourth-order valence-electron chi connectivity index (χ4n) is 2.37. The zero-order chi connectivity index (χ0) is 18.0. The molecule has 8 heteroatoms. The molecule has 25 heavy (non-hydrogen) atoms. The van der Waals surface area contributed by atoms with Gasteiger partial charge in [0.1, 0.15) is 0 Å². The van der Waals surface area contributed by atoms with Crippen LogP contribution in [0.2, 0.25) is 0 Å². The lowest BCUT2D eigenvalue weighted by molar-refractivity contribution is -0.384. The normalized spacial score (nSPS) is 12.1. The predicted molar refractivity (Wildman–Crippen MR) is 97.7 cm³/mol. The number of aryl methyl sites for hydroxylation is 1. The summed E-state index contributed by atoms with van der Waals surface area (Å²) in [5.41, 5.74) is 2.94. The first-order chi connectivity index (χ1) is 12.0. The Hall–Kier alpha value is -2.87. The number of hydrogen-bond donors (Lipinski definition) is 1. The molecule has 1 heterocycles. The fraction of sp³-hybridized carbons (Fsp3) is 0.176. The quantitative estimate of drug-likeness (QED) is 0.324. The zero-order valence-electron chi connectivity index (χ0n) is 13.8. The first kappa shape index (κ1) is 17.0.